The second-order valence-corrected chi connectivity index (χ2v) is 7.10. The zero-order valence-electron chi connectivity index (χ0n) is 12.3. The van der Waals surface area contributed by atoms with Crippen molar-refractivity contribution in [3.05, 3.63) is 54.8 Å². The molecule has 0 aliphatic rings. The summed E-state index contributed by atoms with van der Waals surface area (Å²) in [6.45, 7) is 4.03. The van der Waals surface area contributed by atoms with E-state index in [-0.39, 0.29) is 6.04 Å². The molecule has 1 atom stereocenters. The fourth-order valence-electron chi connectivity index (χ4n) is 2.39. The van der Waals surface area contributed by atoms with Crippen molar-refractivity contribution in [2.45, 2.75) is 26.3 Å². The third-order valence-electron chi connectivity index (χ3n) is 3.52. The molecular formula is C16H18BrIN2O. The zero-order valence-corrected chi connectivity index (χ0v) is 16.0. The highest BCUT2D eigenvalue weighted by atomic mass is 127. The van der Waals surface area contributed by atoms with Crippen LogP contribution in [0.25, 0.3) is 0 Å². The van der Waals surface area contributed by atoms with Crippen LogP contribution < -0.4 is 10.5 Å². The molecule has 0 fully saturated rings. The summed E-state index contributed by atoms with van der Waals surface area (Å²) < 4.78 is 7.66. The lowest BCUT2D eigenvalue weighted by Gasteiger charge is -2.17. The van der Waals surface area contributed by atoms with Crippen molar-refractivity contribution < 1.29 is 4.74 Å². The van der Waals surface area contributed by atoms with Crippen LogP contribution in [0.15, 0.2) is 28.9 Å². The smallest absolute Gasteiger partial charge is 0.128 e. The number of aryl methyl sites for hydroxylation is 1. The Morgan fingerprint density at radius 2 is 2.10 bits per heavy atom. The number of rotatable bonds is 4. The zero-order chi connectivity index (χ0) is 15.6. The predicted octanol–water partition coefficient (Wildman–Crippen LogP) is 4.32. The van der Waals surface area contributed by atoms with Gasteiger partial charge in [0, 0.05) is 43.5 Å². The van der Waals surface area contributed by atoms with Gasteiger partial charge in [0.1, 0.15) is 5.75 Å². The van der Waals surface area contributed by atoms with Gasteiger partial charge in [-0.3, -0.25) is 4.98 Å². The van der Waals surface area contributed by atoms with Gasteiger partial charge in [-0.15, -0.1) is 0 Å². The number of nitrogens with zero attached hydrogens (tertiary/aromatic N) is 1. The Labute approximate surface area is 147 Å². The van der Waals surface area contributed by atoms with E-state index in [1.165, 1.54) is 3.57 Å². The van der Waals surface area contributed by atoms with Gasteiger partial charge < -0.3 is 10.5 Å². The molecule has 0 radical (unpaired) electrons. The van der Waals surface area contributed by atoms with Gasteiger partial charge in [0.25, 0.3) is 0 Å². The van der Waals surface area contributed by atoms with E-state index in [1.807, 2.05) is 26.1 Å². The Morgan fingerprint density at radius 1 is 1.38 bits per heavy atom. The first-order chi connectivity index (χ1) is 9.93. The summed E-state index contributed by atoms with van der Waals surface area (Å²) in [5.41, 5.74) is 10.6. The van der Waals surface area contributed by atoms with Crippen LogP contribution in [-0.2, 0) is 6.42 Å². The molecule has 0 amide bonds. The molecule has 0 aliphatic heterocycles. The van der Waals surface area contributed by atoms with Gasteiger partial charge in [-0.1, -0.05) is 15.9 Å². The van der Waals surface area contributed by atoms with E-state index in [0.29, 0.717) is 6.42 Å². The lowest BCUT2D eigenvalue weighted by Crippen LogP contribution is -2.16. The predicted molar refractivity (Wildman–Crippen MR) is 97.8 cm³/mol. The van der Waals surface area contributed by atoms with Crippen LogP contribution in [0.1, 0.15) is 28.4 Å². The van der Waals surface area contributed by atoms with Gasteiger partial charge in [0.05, 0.1) is 7.11 Å². The first kappa shape index (κ1) is 16.7. The minimum absolute atomic E-state index is 0.0898. The molecule has 2 rings (SSSR count). The largest absolute Gasteiger partial charge is 0.496 e. The van der Waals surface area contributed by atoms with Crippen LogP contribution in [0.5, 0.6) is 5.75 Å². The number of nitrogens with two attached hydrogens (primary N) is 1. The van der Waals surface area contributed by atoms with Crippen molar-refractivity contribution in [3.63, 3.8) is 0 Å². The maximum absolute atomic E-state index is 6.39. The van der Waals surface area contributed by atoms with Crippen LogP contribution in [0.4, 0.5) is 0 Å². The highest BCUT2D eigenvalue weighted by Gasteiger charge is 2.16. The van der Waals surface area contributed by atoms with E-state index in [9.17, 15) is 0 Å². The Hall–Kier alpha value is -0.660. The maximum Gasteiger partial charge on any atom is 0.128 e. The van der Waals surface area contributed by atoms with Crippen molar-refractivity contribution in [1.82, 2.24) is 4.98 Å². The van der Waals surface area contributed by atoms with Crippen LogP contribution in [0.3, 0.4) is 0 Å². The molecule has 0 saturated heterocycles. The van der Waals surface area contributed by atoms with Crippen LogP contribution in [0, 0.1) is 17.4 Å². The molecule has 3 nitrogen and oxygen atoms in total. The van der Waals surface area contributed by atoms with Gasteiger partial charge in [0.2, 0.25) is 0 Å². The maximum atomic E-state index is 6.39. The van der Waals surface area contributed by atoms with Gasteiger partial charge in [0.15, 0.2) is 0 Å². The van der Waals surface area contributed by atoms with E-state index in [1.54, 1.807) is 7.11 Å². The number of hydrogen-bond acceptors (Lipinski definition) is 3. The first-order valence-corrected chi connectivity index (χ1v) is 8.50. The summed E-state index contributed by atoms with van der Waals surface area (Å²) >= 11 is 5.82. The summed E-state index contributed by atoms with van der Waals surface area (Å²) in [6.07, 6.45) is 2.54. The van der Waals surface area contributed by atoms with Crippen molar-refractivity contribution in [2.24, 2.45) is 5.73 Å². The molecule has 0 aliphatic carbocycles. The number of ether oxygens (including phenoxy) is 1. The van der Waals surface area contributed by atoms with Crippen molar-refractivity contribution in [3.8, 4) is 5.75 Å². The Bertz CT molecular complexity index is 661. The summed E-state index contributed by atoms with van der Waals surface area (Å²) in [5, 5.41) is 0. The van der Waals surface area contributed by atoms with E-state index in [4.69, 9.17) is 10.5 Å². The SMILES string of the molecule is COc1c(C)cnc(CC(N)c2cc(Br)ccc2I)c1C. The molecular weight excluding hydrogens is 443 g/mol. The minimum atomic E-state index is -0.0898. The van der Waals surface area contributed by atoms with Crippen LogP contribution in [-0.4, -0.2) is 12.1 Å². The number of pyridine rings is 1. The van der Waals surface area contributed by atoms with E-state index in [2.05, 4.69) is 55.6 Å². The third kappa shape index (κ3) is 3.76. The highest BCUT2D eigenvalue weighted by Crippen LogP contribution is 2.29. The fourth-order valence-corrected chi connectivity index (χ4v) is 3.51. The highest BCUT2D eigenvalue weighted by molar-refractivity contribution is 14.1. The standard InChI is InChI=1S/C16H18BrIN2O/c1-9-8-20-15(10(2)16(9)21-3)7-14(19)12-6-11(17)4-5-13(12)18/h4-6,8,14H,7,19H2,1-3H3. The summed E-state index contributed by atoms with van der Waals surface area (Å²) in [4.78, 5) is 4.53. The molecule has 1 heterocycles. The Kier molecular flexibility index (Phi) is 5.62. The number of aromatic nitrogens is 1. The molecule has 1 aromatic carbocycles. The van der Waals surface area contributed by atoms with Gasteiger partial charge in [-0.05, 0) is 60.2 Å². The minimum Gasteiger partial charge on any atom is -0.496 e. The topological polar surface area (TPSA) is 48.1 Å². The Balaban J connectivity index is 2.32. The van der Waals surface area contributed by atoms with E-state index < -0.39 is 0 Å². The molecule has 21 heavy (non-hydrogen) atoms. The quantitative estimate of drug-likeness (QED) is 0.691. The first-order valence-electron chi connectivity index (χ1n) is 6.63. The average Bonchev–Trinajstić information content (AvgIpc) is 2.45. The van der Waals surface area contributed by atoms with Crippen LogP contribution in [0.2, 0.25) is 0 Å². The number of methoxy groups -OCH3 is 1. The fraction of sp³-hybridized carbons (Fsp3) is 0.312. The average molecular weight is 461 g/mol. The number of benzene rings is 1. The summed E-state index contributed by atoms with van der Waals surface area (Å²) in [7, 11) is 1.69. The van der Waals surface area contributed by atoms with Gasteiger partial charge in [-0.25, -0.2) is 0 Å². The Morgan fingerprint density at radius 3 is 2.76 bits per heavy atom. The molecule has 2 aromatic rings. The second-order valence-electron chi connectivity index (χ2n) is 5.02. The molecule has 0 spiro atoms. The normalized spacial score (nSPS) is 12.3. The summed E-state index contributed by atoms with van der Waals surface area (Å²) in [6, 6.07) is 6.08. The van der Waals surface area contributed by atoms with Gasteiger partial charge >= 0.3 is 0 Å². The molecule has 0 saturated carbocycles. The molecule has 112 valence electrons. The molecule has 0 bridgehead atoms. The summed E-state index contributed by atoms with van der Waals surface area (Å²) in [5.74, 6) is 0.899. The van der Waals surface area contributed by atoms with E-state index in [0.717, 1.165) is 32.6 Å². The van der Waals surface area contributed by atoms with Crippen molar-refractivity contribution >= 4 is 38.5 Å². The molecule has 1 aromatic heterocycles. The number of halogens is 2. The lowest BCUT2D eigenvalue weighted by atomic mass is 9.99. The van der Waals surface area contributed by atoms with E-state index >= 15 is 0 Å². The van der Waals surface area contributed by atoms with Gasteiger partial charge in [-0.2, -0.15) is 0 Å². The molecule has 2 N–H and O–H groups in total. The lowest BCUT2D eigenvalue weighted by molar-refractivity contribution is 0.406. The molecule has 5 heteroatoms. The van der Waals surface area contributed by atoms with Crippen LogP contribution >= 0.6 is 38.5 Å². The van der Waals surface area contributed by atoms with Crippen molar-refractivity contribution in [1.29, 1.82) is 0 Å². The number of hydrogen-bond donors (Lipinski definition) is 1. The van der Waals surface area contributed by atoms with Crippen molar-refractivity contribution in [2.75, 3.05) is 7.11 Å². The third-order valence-corrected chi connectivity index (χ3v) is 5.00. The monoisotopic (exact) mass is 460 g/mol. The molecule has 1 unspecified atom stereocenters. The second kappa shape index (κ2) is 7.07.